The summed E-state index contributed by atoms with van der Waals surface area (Å²) >= 11 is 0. The molecule has 0 unspecified atom stereocenters. The Labute approximate surface area is 112 Å². The van der Waals surface area contributed by atoms with Crippen LogP contribution in [0.25, 0.3) is 0 Å². The minimum Gasteiger partial charge on any atom is -1.00 e. The lowest BCUT2D eigenvalue weighted by Crippen LogP contribution is -3.00. The number of pyridine rings is 1. The van der Waals surface area contributed by atoms with Gasteiger partial charge in [0.15, 0.2) is 0 Å². The fraction of sp³-hybridized carbons (Fsp3) is 0.643. The van der Waals surface area contributed by atoms with Crippen LogP contribution in [0.4, 0.5) is 0 Å². The van der Waals surface area contributed by atoms with Gasteiger partial charge in [-0.1, -0.05) is 26.8 Å². The van der Waals surface area contributed by atoms with Crippen molar-refractivity contribution in [1.29, 1.82) is 0 Å². The highest BCUT2D eigenvalue weighted by molar-refractivity contribution is 5.08. The Hall–Kier alpha value is -0.600. The van der Waals surface area contributed by atoms with Gasteiger partial charge in [-0.2, -0.15) is 0 Å². The van der Waals surface area contributed by atoms with Crippen LogP contribution in [0.2, 0.25) is 0 Å². The Morgan fingerprint density at radius 3 is 2.29 bits per heavy atom. The van der Waals surface area contributed by atoms with Crippen LogP contribution in [0.5, 0.6) is 0 Å². The van der Waals surface area contributed by atoms with E-state index >= 15 is 0 Å². The molecular formula is C14H24ClN2-. The predicted molar refractivity (Wildman–Crippen MR) is 69.2 cm³/mol. The maximum atomic E-state index is 4.12. The van der Waals surface area contributed by atoms with Crippen LogP contribution in [0.1, 0.15) is 46.6 Å². The molecule has 0 radical (unpaired) electrons. The Balaban J connectivity index is 0.00000256. The van der Waals surface area contributed by atoms with E-state index in [1.165, 1.54) is 5.56 Å². The highest BCUT2D eigenvalue weighted by Crippen LogP contribution is 2.26. The lowest BCUT2D eigenvalue weighted by Gasteiger charge is -2.33. The lowest BCUT2D eigenvalue weighted by molar-refractivity contribution is -0.00000555. The zero-order valence-electron chi connectivity index (χ0n) is 11.5. The molecule has 0 spiro atoms. The van der Waals surface area contributed by atoms with Crippen molar-refractivity contribution in [1.82, 2.24) is 10.3 Å². The Kier molecular flexibility index (Phi) is 6.14. The second-order valence-corrected chi connectivity index (χ2v) is 6.34. The molecule has 0 aliphatic carbocycles. The van der Waals surface area contributed by atoms with Gasteiger partial charge in [-0.25, -0.2) is 0 Å². The molecule has 1 aromatic heterocycles. The third-order valence-electron chi connectivity index (χ3n) is 2.47. The Morgan fingerprint density at radius 1 is 1.18 bits per heavy atom. The van der Waals surface area contributed by atoms with Crippen molar-refractivity contribution in [2.45, 2.75) is 53.1 Å². The number of nitrogens with one attached hydrogen (secondary N) is 1. The molecule has 0 amide bonds. The topological polar surface area (TPSA) is 24.9 Å². The van der Waals surface area contributed by atoms with Crippen LogP contribution in [0, 0.1) is 5.41 Å². The van der Waals surface area contributed by atoms with E-state index in [2.05, 4.69) is 51.0 Å². The summed E-state index contributed by atoms with van der Waals surface area (Å²) in [5.74, 6) is 0. The fourth-order valence-electron chi connectivity index (χ4n) is 2.23. The molecule has 0 aromatic carbocycles. The van der Waals surface area contributed by atoms with E-state index in [1.54, 1.807) is 0 Å². The highest BCUT2D eigenvalue weighted by atomic mass is 35.5. The van der Waals surface area contributed by atoms with Crippen LogP contribution in [0.3, 0.4) is 0 Å². The van der Waals surface area contributed by atoms with E-state index in [-0.39, 0.29) is 17.9 Å². The average molecular weight is 256 g/mol. The summed E-state index contributed by atoms with van der Waals surface area (Å²) in [7, 11) is 0. The number of nitrogens with zero attached hydrogens (tertiary/aromatic N) is 1. The summed E-state index contributed by atoms with van der Waals surface area (Å²) < 4.78 is 0. The third-order valence-corrected chi connectivity index (χ3v) is 2.47. The van der Waals surface area contributed by atoms with Crippen molar-refractivity contribution < 1.29 is 12.4 Å². The van der Waals surface area contributed by atoms with Crippen molar-refractivity contribution in [2.24, 2.45) is 5.41 Å². The van der Waals surface area contributed by atoms with Gasteiger partial charge in [0.2, 0.25) is 0 Å². The molecule has 0 aliphatic heterocycles. The summed E-state index contributed by atoms with van der Waals surface area (Å²) in [4.78, 5) is 4.12. The van der Waals surface area contributed by atoms with Crippen molar-refractivity contribution in [3.05, 3.63) is 30.1 Å². The van der Waals surface area contributed by atoms with Crippen LogP contribution < -0.4 is 17.7 Å². The molecule has 17 heavy (non-hydrogen) atoms. The molecular weight excluding hydrogens is 232 g/mol. The van der Waals surface area contributed by atoms with E-state index in [4.69, 9.17) is 0 Å². The third kappa shape index (κ3) is 7.35. The minimum atomic E-state index is 0. The van der Waals surface area contributed by atoms with Crippen LogP contribution >= 0.6 is 0 Å². The molecule has 3 heteroatoms. The van der Waals surface area contributed by atoms with Crippen LogP contribution in [-0.4, -0.2) is 10.5 Å². The van der Waals surface area contributed by atoms with Gasteiger partial charge in [-0.3, -0.25) is 4.98 Å². The molecule has 1 rings (SSSR count). The first-order chi connectivity index (χ1) is 7.29. The first-order valence-corrected chi connectivity index (χ1v) is 5.92. The Bertz CT molecular complexity index is 315. The molecule has 0 saturated carbocycles. The van der Waals surface area contributed by atoms with Crippen molar-refractivity contribution >= 4 is 0 Å². The van der Waals surface area contributed by atoms with E-state index in [1.807, 2.05) is 18.5 Å². The smallest absolute Gasteiger partial charge is 0.0312 e. The van der Waals surface area contributed by atoms with Gasteiger partial charge in [-0.15, -0.1) is 0 Å². The maximum Gasteiger partial charge on any atom is 0.0312 e. The Morgan fingerprint density at radius 2 is 1.82 bits per heavy atom. The lowest BCUT2D eigenvalue weighted by atomic mass is 9.82. The molecule has 1 heterocycles. The summed E-state index contributed by atoms with van der Waals surface area (Å²) in [6.07, 6.45) is 4.88. The predicted octanol–water partition coefficient (Wildman–Crippen LogP) is 0.390. The van der Waals surface area contributed by atoms with Gasteiger partial charge in [0, 0.05) is 24.5 Å². The number of rotatable bonds is 4. The van der Waals surface area contributed by atoms with Gasteiger partial charge in [0.1, 0.15) is 0 Å². The van der Waals surface area contributed by atoms with Crippen molar-refractivity contribution in [3.63, 3.8) is 0 Å². The molecule has 0 fully saturated rings. The molecule has 0 atom stereocenters. The number of hydrogen-bond donors (Lipinski definition) is 1. The molecule has 1 aromatic rings. The van der Waals surface area contributed by atoms with E-state index in [0.717, 1.165) is 13.0 Å². The van der Waals surface area contributed by atoms with Gasteiger partial charge in [0.05, 0.1) is 0 Å². The number of hydrogen-bond acceptors (Lipinski definition) is 2. The van der Waals surface area contributed by atoms with Crippen molar-refractivity contribution in [3.8, 4) is 0 Å². The molecule has 0 bridgehead atoms. The summed E-state index contributed by atoms with van der Waals surface area (Å²) in [5.41, 5.74) is 1.75. The van der Waals surface area contributed by atoms with E-state index < -0.39 is 0 Å². The zero-order chi connectivity index (χ0) is 12.2. The number of aromatic nitrogens is 1. The number of halogens is 1. The molecule has 0 saturated heterocycles. The largest absolute Gasteiger partial charge is 1.00 e. The van der Waals surface area contributed by atoms with Crippen molar-refractivity contribution in [2.75, 3.05) is 0 Å². The summed E-state index contributed by atoms with van der Waals surface area (Å²) in [6, 6.07) is 4.08. The van der Waals surface area contributed by atoms with E-state index in [0.29, 0.717) is 5.41 Å². The van der Waals surface area contributed by atoms with Gasteiger partial charge >= 0.3 is 0 Å². The van der Waals surface area contributed by atoms with E-state index in [9.17, 15) is 0 Å². The monoisotopic (exact) mass is 255 g/mol. The normalized spacial score (nSPS) is 12.1. The fourth-order valence-corrected chi connectivity index (χ4v) is 2.23. The minimum absolute atomic E-state index is 0. The second-order valence-electron chi connectivity index (χ2n) is 6.34. The first-order valence-electron chi connectivity index (χ1n) is 5.92. The van der Waals surface area contributed by atoms with Crippen LogP contribution in [-0.2, 0) is 6.54 Å². The SMILES string of the molecule is CC(C)(C)CC(C)(C)NCc1cccnc1.[Cl-]. The first kappa shape index (κ1) is 16.4. The molecule has 98 valence electrons. The maximum absolute atomic E-state index is 4.12. The van der Waals surface area contributed by atoms with Gasteiger partial charge in [-0.05, 0) is 37.3 Å². The van der Waals surface area contributed by atoms with Gasteiger partial charge < -0.3 is 17.7 Å². The second kappa shape index (κ2) is 6.36. The average Bonchev–Trinajstić information content (AvgIpc) is 2.13. The quantitative estimate of drug-likeness (QED) is 0.842. The molecule has 0 aliphatic rings. The standard InChI is InChI=1S/C14H24N2.ClH/c1-13(2,3)11-14(4,5)16-10-12-7-6-8-15-9-12;/h6-9,16H,10-11H2,1-5H3;1H/p-1. The summed E-state index contributed by atoms with van der Waals surface area (Å²) in [6.45, 7) is 12.2. The molecule has 2 nitrogen and oxygen atoms in total. The highest BCUT2D eigenvalue weighted by Gasteiger charge is 2.24. The van der Waals surface area contributed by atoms with Crippen LogP contribution in [0.15, 0.2) is 24.5 Å². The molecule has 1 N–H and O–H groups in total. The zero-order valence-corrected chi connectivity index (χ0v) is 12.3. The summed E-state index contributed by atoms with van der Waals surface area (Å²) in [5, 5.41) is 3.59. The van der Waals surface area contributed by atoms with Gasteiger partial charge in [0.25, 0.3) is 0 Å².